The monoisotopic (exact) mass is 353 g/mol. The molecular weight excluding hydrogens is 334 g/mol. The molecule has 0 aliphatic carbocycles. The van der Waals surface area contributed by atoms with Gasteiger partial charge in [-0.15, -0.1) is 0 Å². The summed E-state index contributed by atoms with van der Waals surface area (Å²) in [6, 6.07) is 18.4. The molecular formula is C20H19NO3S. The molecule has 4 rings (SSSR count). The summed E-state index contributed by atoms with van der Waals surface area (Å²) in [6.45, 7) is 1.95. The number of benzene rings is 3. The standard InChI is InChI=1S/C20H19NO3S/c1-14-13-15-7-3-6-10-18(15)21(14)25(22,23)20-12-11-19(24-2)16-8-4-5-9-17(16)20/h3-12,14H,13H2,1-2H3/t14-/m0/s1. The third-order valence-electron chi connectivity index (χ3n) is 4.75. The summed E-state index contributed by atoms with van der Waals surface area (Å²) in [5, 5.41) is 1.48. The van der Waals surface area contributed by atoms with Crippen LogP contribution in [0.3, 0.4) is 0 Å². The highest BCUT2D eigenvalue weighted by atomic mass is 32.2. The van der Waals surface area contributed by atoms with Gasteiger partial charge in [-0.2, -0.15) is 0 Å². The van der Waals surface area contributed by atoms with Gasteiger partial charge in [0.25, 0.3) is 10.0 Å². The maximum absolute atomic E-state index is 13.5. The van der Waals surface area contributed by atoms with Crippen molar-refractivity contribution in [2.24, 2.45) is 0 Å². The van der Waals surface area contributed by atoms with Crippen LogP contribution in [0.15, 0.2) is 65.6 Å². The fourth-order valence-electron chi connectivity index (χ4n) is 3.66. The zero-order valence-corrected chi connectivity index (χ0v) is 15.0. The lowest BCUT2D eigenvalue weighted by atomic mass is 10.1. The topological polar surface area (TPSA) is 46.6 Å². The quantitative estimate of drug-likeness (QED) is 0.715. The molecule has 0 radical (unpaired) electrons. The maximum atomic E-state index is 13.5. The Kier molecular flexibility index (Phi) is 3.69. The number of hydrogen-bond donors (Lipinski definition) is 0. The zero-order valence-electron chi connectivity index (χ0n) is 14.1. The highest BCUT2D eigenvalue weighted by molar-refractivity contribution is 7.93. The van der Waals surface area contributed by atoms with Crippen molar-refractivity contribution < 1.29 is 13.2 Å². The van der Waals surface area contributed by atoms with Crippen molar-refractivity contribution >= 4 is 26.5 Å². The van der Waals surface area contributed by atoms with Crippen molar-refractivity contribution in [1.29, 1.82) is 0 Å². The van der Waals surface area contributed by atoms with Crippen molar-refractivity contribution in [2.45, 2.75) is 24.3 Å². The van der Waals surface area contributed by atoms with E-state index in [2.05, 4.69) is 0 Å². The SMILES string of the molecule is COc1ccc(S(=O)(=O)N2c3ccccc3C[C@@H]2C)c2ccccc12. The van der Waals surface area contributed by atoms with Gasteiger partial charge in [-0.05, 0) is 37.1 Å². The van der Waals surface area contributed by atoms with Crippen LogP contribution in [0.5, 0.6) is 5.75 Å². The minimum absolute atomic E-state index is 0.108. The molecule has 4 nitrogen and oxygen atoms in total. The molecule has 0 saturated carbocycles. The van der Waals surface area contributed by atoms with Crippen LogP contribution >= 0.6 is 0 Å². The normalized spacial score (nSPS) is 16.9. The summed E-state index contributed by atoms with van der Waals surface area (Å²) in [7, 11) is -2.08. The van der Waals surface area contributed by atoms with E-state index in [-0.39, 0.29) is 6.04 Å². The number of fused-ring (bicyclic) bond motifs is 2. The lowest BCUT2D eigenvalue weighted by molar-refractivity contribution is 0.419. The summed E-state index contributed by atoms with van der Waals surface area (Å²) in [4.78, 5) is 0.312. The van der Waals surface area contributed by atoms with Crippen LogP contribution < -0.4 is 9.04 Å². The predicted octanol–water partition coefficient (Wildman–Crippen LogP) is 3.99. The fourth-order valence-corrected chi connectivity index (χ4v) is 5.55. The minimum atomic E-state index is -3.68. The second-order valence-electron chi connectivity index (χ2n) is 6.29. The molecule has 0 amide bonds. The molecule has 1 aliphatic heterocycles. The number of anilines is 1. The molecule has 3 aromatic carbocycles. The molecule has 25 heavy (non-hydrogen) atoms. The molecule has 5 heteroatoms. The number of rotatable bonds is 3. The first kappa shape index (κ1) is 16.0. The maximum Gasteiger partial charge on any atom is 0.265 e. The third-order valence-corrected chi connectivity index (χ3v) is 6.73. The van der Waals surface area contributed by atoms with Crippen LogP contribution in [0, 0.1) is 0 Å². The van der Waals surface area contributed by atoms with Crippen molar-refractivity contribution in [3.63, 3.8) is 0 Å². The Balaban J connectivity index is 1.95. The molecule has 0 N–H and O–H groups in total. The van der Waals surface area contributed by atoms with Crippen LogP contribution in [-0.4, -0.2) is 21.6 Å². The van der Waals surface area contributed by atoms with Crippen LogP contribution in [0.2, 0.25) is 0 Å². The van der Waals surface area contributed by atoms with Gasteiger partial charge in [-0.25, -0.2) is 8.42 Å². The van der Waals surface area contributed by atoms with E-state index in [0.717, 1.165) is 23.1 Å². The second kappa shape index (κ2) is 5.77. The van der Waals surface area contributed by atoms with E-state index in [1.807, 2.05) is 55.5 Å². The summed E-state index contributed by atoms with van der Waals surface area (Å²) in [5.74, 6) is 0.671. The number of sulfonamides is 1. The Morgan fingerprint density at radius 2 is 1.64 bits per heavy atom. The van der Waals surface area contributed by atoms with Crippen molar-refractivity contribution in [2.75, 3.05) is 11.4 Å². The van der Waals surface area contributed by atoms with Crippen molar-refractivity contribution in [3.8, 4) is 5.75 Å². The van der Waals surface area contributed by atoms with Crippen LogP contribution in [0.1, 0.15) is 12.5 Å². The van der Waals surface area contributed by atoms with Gasteiger partial charge in [0.05, 0.1) is 17.7 Å². The van der Waals surface area contributed by atoms with E-state index in [1.54, 1.807) is 23.5 Å². The van der Waals surface area contributed by atoms with Gasteiger partial charge in [0.2, 0.25) is 0 Å². The molecule has 0 spiro atoms. The van der Waals surface area contributed by atoms with Crippen LogP contribution in [-0.2, 0) is 16.4 Å². The lowest BCUT2D eigenvalue weighted by Crippen LogP contribution is -2.35. The summed E-state index contributed by atoms with van der Waals surface area (Å²) >= 11 is 0. The van der Waals surface area contributed by atoms with Gasteiger partial charge in [-0.3, -0.25) is 4.31 Å². The number of nitrogens with zero attached hydrogens (tertiary/aromatic N) is 1. The van der Waals surface area contributed by atoms with Gasteiger partial charge in [0, 0.05) is 16.8 Å². The van der Waals surface area contributed by atoms with E-state index < -0.39 is 10.0 Å². The minimum Gasteiger partial charge on any atom is -0.496 e. The average Bonchev–Trinajstić information content (AvgIpc) is 2.97. The van der Waals surface area contributed by atoms with Crippen molar-refractivity contribution in [3.05, 3.63) is 66.2 Å². The highest BCUT2D eigenvalue weighted by Crippen LogP contribution is 2.39. The molecule has 3 aromatic rings. The Morgan fingerprint density at radius 3 is 2.40 bits per heavy atom. The van der Waals surface area contributed by atoms with Gasteiger partial charge in [0.1, 0.15) is 5.75 Å². The van der Waals surface area contributed by atoms with E-state index >= 15 is 0 Å². The van der Waals surface area contributed by atoms with E-state index in [9.17, 15) is 8.42 Å². The number of para-hydroxylation sites is 1. The van der Waals surface area contributed by atoms with E-state index in [1.165, 1.54) is 0 Å². The number of ether oxygens (including phenoxy) is 1. The van der Waals surface area contributed by atoms with Crippen LogP contribution in [0.4, 0.5) is 5.69 Å². The molecule has 0 aromatic heterocycles. The van der Waals surface area contributed by atoms with E-state index in [0.29, 0.717) is 16.0 Å². The van der Waals surface area contributed by atoms with Gasteiger partial charge >= 0.3 is 0 Å². The van der Waals surface area contributed by atoms with Gasteiger partial charge in [-0.1, -0.05) is 42.5 Å². The van der Waals surface area contributed by atoms with Crippen molar-refractivity contribution in [1.82, 2.24) is 0 Å². The molecule has 1 heterocycles. The Labute approximate surface area is 147 Å². The molecule has 128 valence electrons. The molecule has 1 aliphatic rings. The van der Waals surface area contributed by atoms with Gasteiger partial charge in [0.15, 0.2) is 0 Å². The predicted molar refractivity (Wildman–Crippen MR) is 99.8 cm³/mol. The first-order valence-electron chi connectivity index (χ1n) is 8.22. The number of methoxy groups -OCH3 is 1. The van der Waals surface area contributed by atoms with E-state index in [4.69, 9.17) is 4.74 Å². The zero-order chi connectivity index (χ0) is 17.6. The first-order chi connectivity index (χ1) is 12.0. The Morgan fingerprint density at radius 1 is 0.960 bits per heavy atom. The largest absolute Gasteiger partial charge is 0.496 e. The van der Waals surface area contributed by atoms with Crippen LogP contribution in [0.25, 0.3) is 10.8 Å². The number of hydrogen-bond acceptors (Lipinski definition) is 3. The Bertz CT molecular complexity index is 1060. The average molecular weight is 353 g/mol. The summed E-state index contributed by atoms with van der Waals surface area (Å²) in [6.07, 6.45) is 0.726. The summed E-state index contributed by atoms with van der Waals surface area (Å²) < 4.78 is 34.0. The molecule has 0 bridgehead atoms. The smallest absolute Gasteiger partial charge is 0.265 e. The first-order valence-corrected chi connectivity index (χ1v) is 9.66. The molecule has 0 fully saturated rings. The molecule has 0 unspecified atom stereocenters. The third kappa shape index (κ3) is 2.38. The fraction of sp³-hybridized carbons (Fsp3) is 0.200. The molecule has 1 atom stereocenters. The Hall–Kier alpha value is -2.53. The summed E-state index contributed by atoms with van der Waals surface area (Å²) in [5.41, 5.74) is 1.84. The lowest BCUT2D eigenvalue weighted by Gasteiger charge is -2.25. The second-order valence-corrected chi connectivity index (χ2v) is 8.08. The highest BCUT2D eigenvalue weighted by Gasteiger charge is 2.36. The molecule has 0 saturated heterocycles. The van der Waals surface area contributed by atoms with Gasteiger partial charge < -0.3 is 4.74 Å².